The van der Waals surface area contributed by atoms with E-state index in [1.54, 1.807) is 13.2 Å². The fraction of sp³-hybridized carbons (Fsp3) is 0.545. The molecule has 0 amide bonds. The van der Waals surface area contributed by atoms with Crippen molar-refractivity contribution in [2.75, 3.05) is 12.4 Å². The lowest BCUT2D eigenvalue weighted by Crippen LogP contribution is -2.43. The molecular formula is C33H48N4O4SSi. The molecule has 1 aliphatic carbocycles. The molecule has 10 heteroatoms. The summed E-state index contributed by atoms with van der Waals surface area (Å²) in [7, 11) is -3.78. The molecule has 8 nitrogen and oxygen atoms in total. The Morgan fingerprint density at radius 2 is 1.70 bits per heavy atom. The Hall–Kier alpha value is -2.66. The van der Waals surface area contributed by atoms with Crippen LogP contribution in [0.5, 0.6) is 5.75 Å². The number of nitrogens with zero attached hydrogens (tertiary/aromatic N) is 3. The SMILES string of the molecule is COc1ccc(CN2Cc3cc(Nc4cc([C@H]5CC[C@@H](O[Si](C)(C)C(C)(C)C)C5)nn4C(C)(C)C)ccc3S2(=O)=O)cc1. The molecule has 43 heavy (non-hydrogen) atoms. The van der Waals surface area contributed by atoms with Crippen LogP contribution in [0.2, 0.25) is 18.1 Å². The largest absolute Gasteiger partial charge is 0.497 e. The normalized spacial score (nSPS) is 20.8. The summed E-state index contributed by atoms with van der Waals surface area (Å²) in [6.07, 6.45) is 3.41. The maximum atomic E-state index is 13.3. The number of hydrogen-bond acceptors (Lipinski definition) is 6. The topological polar surface area (TPSA) is 85.7 Å². The molecule has 0 spiro atoms. The van der Waals surface area contributed by atoms with Crippen LogP contribution in [-0.2, 0) is 33.1 Å². The summed E-state index contributed by atoms with van der Waals surface area (Å²) in [6.45, 7) is 18.6. The molecule has 0 unspecified atom stereocenters. The van der Waals surface area contributed by atoms with E-state index < -0.39 is 18.3 Å². The van der Waals surface area contributed by atoms with Gasteiger partial charge in [0.05, 0.1) is 23.2 Å². The van der Waals surface area contributed by atoms with E-state index >= 15 is 0 Å². The molecule has 0 bridgehead atoms. The number of anilines is 2. The number of nitrogens with one attached hydrogen (secondary N) is 1. The lowest BCUT2D eigenvalue weighted by molar-refractivity contribution is 0.186. The standard InChI is InChI=1S/C33H48N4O4SSi/c1-32(2,3)37-31(20-29(35-37)24-12-16-28(19-24)41-43(8,9)33(4,5)6)34-26-13-17-30-25(18-26)22-36(42(30,38)39)21-23-10-14-27(40-7)15-11-23/h10-11,13-15,17-18,20,24,28,34H,12,16,19,21-22H2,1-9H3/t24-,28+/m0/s1. The molecule has 2 atom stereocenters. The first-order chi connectivity index (χ1) is 20.0. The summed E-state index contributed by atoms with van der Waals surface area (Å²) in [5.41, 5.74) is 3.42. The minimum absolute atomic E-state index is 0.192. The summed E-state index contributed by atoms with van der Waals surface area (Å²) in [5.74, 6) is 2.01. The number of fused-ring (bicyclic) bond motifs is 1. The van der Waals surface area contributed by atoms with Crippen molar-refractivity contribution in [3.63, 3.8) is 0 Å². The van der Waals surface area contributed by atoms with E-state index in [4.69, 9.17) is 14.3 Å². The monoisotopic (exact) mass is 624 g/mol. The van der Waals surface area contributed by atoms with Crippen LogP contribution in [0.3, 0.4) is 0 Å². The van der Waals surface area contributed by atoms with Crippen molar-refractivity contribution in [1.82, 2.24) is 14.1 Å². The van der Waals surface area contributed by atoms with E-state index in [1.165, 1.54) is 4.31 Å². The van der Waals surface area contributed by atoms with Gasteiger partial charge in [-0.25, -0.2) is 13.1 Å². The molecule has 2 aliphatic rings. The van der Waals surface area contributed by atoms with Crippen LogP contribution in [0.25, 0.3) is 0 Å². The van der Waals surface area contributed by atoms with Crippen molar-refractivity contribution in [2.24, 2.45) is 0 Å². The molecule has 0 radical (unpaired) electrons. The highest BCUT2D eigenvalue weighted by Gasteiger charge is 2.41. The Kier molecular flexibility index (Phi) is 8.39. The Balaban J connectivity index is 1.33. The second kappa shape index (κ2) is 11.4. The molecule has 1 aliphatic heterocycles. The Morgan fingerprint density at radius 1 is 1.00 bits per heavy atom. The summed E-state index contributed by atoms with van der Waals surface area (Å²) in [5, 5.41) is 8.87. The van der Waals surface area contributed by atoms with Gasteiger partial charge in [0.15, 0.2) is 8.32 Å². The van der Waals surface area contributed by atoms with E-state index in [0.717, 1.165) is 53.3 Å². The van der Waals surface area contributed by atoms with Gasteiger partial charge in [0.25, 0.3) is 0 Å². The zero-order valence-electron chi connectivity index (χ0n) is 27.2. The number of rotatable bonds is 8. The van der Waals surface area contributed by atoms with Gasteiger partial charge < -0.3 is 14.5 Å². The fourth-order valence-electron chi connectivity index (χ4n) is 5.78. The maximum absolute atomic E-state index is 13.3. The molecule has 0 saturated heterocycles. The third kappa shape index (κ3) is 6.57. The van der Waals surface area contributed by atoms with Gasteiger partial charge in [-0.15, -0.1) is 0 Å². The van der Waals surface area contributed by atoms with Crippen LogP contribution in [0.15, 0.2) is 53.4 Å². The van der Waals surface area contributed by atoms with Gasteiger partial charge in [0, 0.05) is 36.9 Å². The van der Waals surface area contributed by atoms with E-state index in [0.29, 0.717) is 23.9 Å². The number of hydrogen-bond donors (Lipinski definition) is 1. The Labute approximate surface area is 259 Å². The molecule has 1 aromatic heterocycles. The lowest BCUT2D eigenvalue weighted by atomic mass is 10.0. The Bertz CT molecular complexity index is 1570. The predicted molar refractivity (Wildman–Crippen MR) is 175 cm³/mol. The maximum Gasteiger partial charge on any atom is 0.244 e. The second-order valence-electron chi connectivity index (χ2n) is 14.6. The van der Waals surface area contributed by atoms with Crippen molar-refractivity contribution in [3.05, 3.63) is 65.4 Å². The van der Waals surface area contributed by atoms with Gasteiger partial charge in [-0.1, -0.05) is 32.9 Å². The summed E-state index contributed by atoms with van der Waals surface area (Å²) >= 11 is 0. The molecule has 5 rings (SSSR count). The van der Waals surface area contributed by atoms with Crippen LogP contribution in [0, 0.1) is 0 Å². The van der Waals surface area contributed by atoms with E-state index in [1.807, 2.05) is 36.4 Å². The molecule has 2 heterocycles. The van der Waals surface area contributed by atoms with Crippen molar-refractivity contribution >= 4 is 29.8 Å². The smallest absolute Gasteiger partial charge is 0.244 e. The average molecular weight is 625 g/mol. The fourth-order valence-corrected chi connectivity index (χ4v) is 8.78. The van der Waals surface area contributed by atoms with E-state index in [2.05, 4.69) is 70.7 Å². The zero-order valence-corrected chi connectivity index (χ0v) is 29.0. The van der Waals surface area contributed by atoms with Crippen LogP contribution in [0.1, 0.15) is 83.5 Å². The second-order valence-corrected chi connectivity index (χ2v) is 21.3. The number of benzene rings is 2. The number of ether oxygens (including phenoxy) is 1. The highest BCUT2D eigenvalue weighted by molar-refractivity contribution is 7.89. The third-order valence-corrected chi connectivity index (χ3v) is 15.7. The predicted octanol–water partition coefficient (Wildman–Crippen LogP) is 7.75. The molecule has 3 aromatic rings. The van der Waals surface area contributed by atoms with Gasteiger partial charge in [-0.2, -0.15) is 9.40 Å². The van der Waals surface area contributed by atoms with Gasteiger partial charge in [0.1, 0.15) is 11.6 Å². The highest BCUT2D eigenvalue weighted by Crippen LogP contribution is 2.43. The molecule has 234 valence electrons. The van der Waals surface area contributed by atoms with Crippen molar-refractivity contribution in [1.29, 1.82) is 0 Å². The van der Waals surface area contributed by atoms with Crippen molar-refractivity contribution in [2.45, 2.75) is 114 Å². The third-order valence-electron chi connectivity index (χ3n) is 9.25. The van der Waals surface area contributed by atoms with Crippen LogP contribution in [-0.4, -0.2) is 44.0 Å². The van der Waals surface area contributed by atoms with E-state index in [-0.39, 0.29) is 16.7 Å². The molecule has 1 saturated carbocycles. The van der Waals surface area contributed by atoms with Crippen LogP contribution < -0.4 is 10.1 Å². The minimum atomic E-state index is -3.57. The summed E-state index contributed by atoms with van der Waals surface area (Å²) in [6, 6.07) is 15.2. The van der Waals surface area contributed by atoms with Crippen molar-refractivity contribution < 1.29 is 17.6 Å². The molecule has 2 aromatic carbocycles. The molecule has 1 N–H and O–H groups in total. The van der Waals surface area contributed by atoms with Crippen LogP contribution >= 0.6 is 0 Å². The molecular weight excluding hydrogens is 577 g/mol. The van der Waals surface area contributed by atoms with Crippen LogP contribution in [0.4, 0.5) is 11.5 Å². The number of aromatic nitrogens is 2. The number of methoxy groups -OCH3 is 1. The van der Waals surface area contributed by atoms with Gasteiger partial charge in [-0.3, -0.25) is 0 Å². The minimum Gasteiger partial charge on any atom is -0.497 e. The lowest BCUT2D eigenvalue weighted by Gasteiger charge is -2.38. The first kappa shape index (κ1) is 31.8. The Morgan fingerprint density at radius 3 is 2.33 bits per heavy atom. The quantitative estimate of drug-likeness (QED) is 0.258. The first-order valence-corrected chi connectivity index (χ1v) is 19.6. The average Bonchev–Trinajstić information content (AvgIpc) is 3.60. The van der Waals surface area contributed by atoms with Gasteiger partial charge in [-0.05, 0) is 99.6 Å². The van der Waals surface area contributed by atoms with Crippen molar-refractivity contribution in [3.8, 4) is 5.75 Å². The summed E-state index contributed by atoms with van der Waals surface area (Å²) < 4.78 is 42.3. The highest BCUT2D eigenvalue weighted by atomic mass is 32.2. The first-order valence-electron chi connectivity index (χ1n) is 15.3. The zero-order chi connectivity index (χ0) is 31.4. The van der Waals surface area contributed by atoms with E-state index in [9.17, 15) is 8.42 Å². The van der Waals surface area contributed by atoms with Gasteiger partial charge in [0.2, 0.25) is 10.0 Å². The summed E-state index contributed by atoms with van der Waals surface area (Å²) in [4.78, 5) is 0.371. The number of sulfonamides is 1. The molecule has 1 fully saturated rings. The van der Waals surface area contributed by atoms with Gasteiger partial charge >= 0.3 is 0 Å².